The molecule has 27 heavy (non-hydrogen) atoms. The largest absolute Gasteiger partial charge is 0.377 e. The topological polar surface area (TPSA) is 76.4 Å². The molecule has 3 unspecified atom stereocenters. The quantitative estimate of drug-likeness (QED) is 0.559. The van der Waals surface area contributed by atoms with E-state index in [-0.39, 0.29) is 0 Å². The van der Waals surface area contributed by atoms with Crippen LogP contribution in [0.1, 0.15) is 36.0 Å². The van der Waals surface area contributed by atoms with Crippen LogP contribution < -0.4 is 10.6 Å². The Morgan fingerprint density at radius 3 is 2.89 bits per heavy atom. The third-order valence-electron chi connectivity index (χ3n) is 5.15. The smallest absolute Gasteiger partial charge is 0.191 e. The van der Waals surface area contributed by atoms with Crippen LogP contribution in [0.15, 0.2) is 33.7 Å². The average molecular weight is 433 g/mol. The molecule has 1 fully saturated rings. The predicted molar refractivity (Wildman–Crippen MR) is 108 cm³/mol. The molecule has 0 radical (unpaired) electrons. The number of guanidine groups is 1. The summed E-state index contributed by atoms with van der Waals surface area (Å²) in [6, 6.07) is 9.33. The first-order chi connectivity index (χ1) is 13.2. The molecule has 1 aliphatic heterocycles. The average Bonchev–Trinajstić information content (AvgIpc) is 3.31. The molecule has 0 bridgehead atoms. The Kier molecular flexibility index (Phi) is 5.45. The molecule has 4 rings (SSSR count). The molecular weight excluding hydrogens is 408 g/mol. The second-order valence-electron chi connectivity index (χ2n) is 7.16. The van der Waals surface area contributed by atoms with Crippen LogP contribution >= 0.6 is 15.9 Å². The first-order valence-corrected chi connectivity index (χ1v) is 10.1. The van der Waals surface area contributed by atoms with E-state index in [1.165, 1.54) is 5.56 Å². The highest BCUT2D eigenvalue weighted by Crippen LogP contribution is 2.41. The Morgan fingerprint density at radius 1 is 1.33 bits per heavy atom. The van der Waals surface area contributed by atoms with Crippen LogP contribution in [0.2, 0.25) is 0 Å². The lowest BCUT2D eigenvalue weighted by atomic mass is 10.1. The zero-order chi connectivity index (χ0) is 18.8. The summed E-state index contributed by atoms with van der Waals surface area (Å²) in [6.07, 6.45) is 3.07. The van der Waals surface area contributed by atoms with E-state index in [9.17, 15) is 0 Å². The van der Waals surface area contributed by atoms with Gasteiger partial charge in [-0.2, -0.15) is 5.10 Å². The number of benzene rings is 1. The van der Waals surface area contributed by atoms with Gasteiger partial charge in [0.2, 0.25) is 0 Å². The number of aromatic nitrogens is 3. The molecule has 144 valence electrons. The summed E-state index contributed by atoms with van der Waals surface area (Å²) in [6.45, 7) is 1.26. The summed E-state index contributed by atoms with van der Waals surface area (Å²) >= 11 is 3.50. The van der Waals surface area contributed by atoms with Crippen LogP contribution in [-0.2, 0) is 24.3 Å². The highest BCUT2D eigenvalue weighted by Gasteiger charge is 2.39. The van der Waals surface area contributed by atoms with E-state index in [4.69, 9.17) is 4.74 Å². The van der Waals surface area contributed by atoms with E-state index in [2.05, 4.69) is 65.9 Å². The molecule has 0 amide bonds. The summed E-state index contributed by atoms with van der Waals surface area (Å²) in [7, 11) is 3.49. The normalized spacial score (nSPS) is 24.4. The van der Waals surface area contributed by atoms with Gasteiger partial charge < -0.3 is 15.4 Å². The predicted octanol–water partition coefficient (Wildman–Crippen LogP) is 2.22. The van der Waals surface area contributed by atoms with Crippen LogP contribution in [0.25, 0.3) is 0 Å². The van der Waals surface area contributed by atoms with Gasteiger partial charge in [0.15, 0.2) is 11.8 Å². The minimum atomic E-state index is 0.297. The number of aryl methyl sites for hydroxylation is 1. The molecule has 1 aliphatic carbocycles. The van der Waals surface area contributed by atoms with Crippen LogP contribution in [0, 0.1) is 0 Å². The molecule has 2 heterocycles. The number of nitrogens with zero attached hydrogens (tertiary/aromatic N) is 4. The van der Waals surface area contributed by atoms with Crippen molar-refractivity contribution in [2.45, 2.75) is 50.4 Å². The van der Waals surface area contributed by atoms with Crippen LogP contribution in [0.5, 0.6) is 0 Å². The number of rotatable bonds is 5. The summed E-state index contributed by atoms with van der Waals surface area (Å²) in [5.41, 5.74) is 1.38. The van der Waals surface area contributed by atoms with Crippen molar-refractivity contribution in [1.29, 1.82) is 0 Å². The van der Waals surface area contributed by atoms with Crippen LogP contribution in [0.3, 0.4) is 0 Å². The molecule has 1 saturated carbocycles. The van der Waals surface area contributed by atoms with Crippen molar-refractivity contribution in [3.8, 4) is 0 Å². The number of aliphatic imine (C=N–C) groups is 1. The van der Waals surface area contributed by atoms with Crippen molar-refractivity contribution in [1.82, 2.24) is 25.4 Å². The molecule has 2 aromatic rings. The molecule has 0 spiro atoms. The Balaban J connectivity index is 1.31. The van der Waals surface area contributed by atoms with Crippen molar-refractivity contribution >= 4 is 21.9 Å². The maximum Gasteiger partial charge on any atom is 0.191 e. The van der Waals surface area contributed by atoms with E-state index in [1.807, 2.05) is 11.7 Å². The molecule has 3 atom stereocenters. The summed E-state index contributed by atoms with van der Waals surface area (Å²) < 4.78 is 8.24. The van der Waals surface area contributed by atoms with Gasteiger partial charge in [0.25, 0.3) is 0 Å². The maximum absolute atomic E-state index is 5.13. The molecular formula is C19H25BrN6O. The fourth-order valence-electron chi connectivity index (χ4n) is 3.64. The zero-order valence-electron chi connectivity index (χ0n) is 15.7. The minimum Gasteiger partial charge on any atom is -0.377 e. The van der Waals surface area contributed by atoms with Gasteiger partial charge in [-0.3, -0.25) is 4.99 Å². The fraction of sp³-hybridized carbons (Fsp3) is 0.526. The number of ether oxygens (including phenoxy) is 1. The van der Waals surface area contributed by atoms with Gasteiger partial charge in [-0.05, 0) is 30.5 Å². The Bertz CT molecular complexity index is 818. The molecule has 0 saturated heterocycles. The van der Waals surface area contributed by atoms with Gasteiger partial charge in [-0.1, -0.05) is 28.1 Å². The minimum absolute atomic E-state index is 0.297. The van der Waals surface area contributed by atoms with Gasteiger partial charge in [0.05, 0.1) is 6.54 Å². The number of nitrogens with one attached hydrogen (secondary N) is 2. The van der Waals surface area contributed by atoms with E-state index in [0.717, 1.165) is 47.9 Å². The molecule has 1 aromatic carbocycles. The zero-order valence-corrected chi connectivity index (χ0v) is 17.2. The Hall–Kier alpha value is -1.93. The lowest BCUT2D eigenvalue weighted by Gasteiger charge is -2.25. The molecule has 2 aliphatic rings. The van der Waals surface area contributed by atoms with Crippen LogP contribution in [-0.4, -0.2) is 47.0 Å². The van der Waals surface area contributed by atoms with Crippen LogP contribution in [0.4, 0.5) is 0 Å². The number of halogens is 1. The first kappa shape index (κ1) is 18.4. The van der Waals surface area contributed by atoms with E-state index < -0.39 is 0 Å². The van der Waals surface area contributed by atoms with Gasteiger partial charge in [-0.15, -0.1) is 0 Å². The highest BCUT2D eigenvalue weighted by molar-refractivity contribution is 9.10. The van der Waals surface area contributed by atoms with E-state index >= 15 is 0 Å². The SMILES string of the molecule is CN=C(NC1CCc2nc(COC)nn2C1)NC1CC1c1ccc(Br)cc1. The Labute approximate surface area is 167 Å². The molecule has 7 nitrogen and oxygen atoms in total. The lowest BCUT2D eigenvalue weighted by Crippen LogP contribution is -2.47. The number of hydrogen-bond donors (Lipinski definition) is 2. The second-order valence-corrected chi connectivity index (χ2v) is 8.07. The summed E-state index contributed by atoms with van der Waals surface area (Å²) in [5, 5.41) is 11.6. The second kappa shape index (κ2) is 7.98. The lowest BCUT2D eigenvalue weighted by molar-refractivity contribution is 0.177. The van der Waals surface area contributed by atoms with Gasteiger partial charge in [-0.25, -0.2) is 9.67 Å². The molecule has 1 aromatic heterocycles. The monoisotopic (exact) mass is 432 g/mol. The van der Waals surface area contributed by atoms with E-state index in [0.29, 0.717) is 24.6 Å². The first-order valence-electron chi connectivity index (χ1n) is 9.33. The fourth-order valence-corrected chi connectivity index (χ4v) is 3.91. The number of methoxy groups -OCH3 is 1. The van der Waals surface area contributed by atoms with Crippen molar-refractivity contribution < 1.29 is 4.74 Å². The summed E-state index contributed by atoms with van der Waals surface area (Å²) in [5.74, 6) is 3.22. The van der Waals surface area contributed by atoms with Crippen molar-refractivity contribution in [3.63, 3.8) is 0 Å². The van der Waals surface area contributed by atoms with Gasteiger partial charge in [0.1, 0.15) is 12.4 Å². The summed E-state index contributed by atoms with van der Waals surface area (Å²) in [4.78, 5) is 8.95. The Morgan fingerprint density at radius 2 is 2.15 bits per heavy atom. The van der Waals surface area contributed by atoms with Crippen molar-refractivity contribution in [2.24, 2.45) is 4.99 Å². The van der Waals surface area contributed by atoms with Crippen molar-refractivity contribution in [2.75, 3.05) is 14.2 Å². The maximum atomic E-state index is 5.13. The molecule has 8 heteroatoms. The highest BCUT2D eigenvalue weighted by atomic mass is 79.9. The van der Waals surface area contributed by atoms with Crippen molar-refractivity contribution in [3.05, 3.63) is 46.0 Å². The number of fused-ring (bicyclic) bond motifs is 1. The third kappa shape index (κ3) is 4.32. The van der Waals surface area contributed by atoms with Gasteiger partial charge in [0, 0.05) is 43.1 Å². The van der Waals surface area contributed by atoms with Gasteiger partial charge >= 0.3 is 0 Å². The number of hydrogen-bond acceptors (Lipinski definition) is 4. The third-order valence-corrected chi connectivity index (χ3v) is 5.68. The molecule has 2 N–H and O–H groups in total. The standard InChI is InChI=1S/C19H25BrN6O/c1-21-19(23-16-9-15(16)12-3-5-13(20)6-4-12)22-14-7-8-18-24-17(11-27-2)25-26(18)10-14/h3-6,14-16H,7-11H2,1-2H3,(H2,21,22,23). The van der Waals surface area contributed by atoms with E-state index in [1.54, 1.807) is 7.11 Å².